The molecule has 0 radical (unpaired) electrons. The molecule has 0 fully saturated rings. The summed E-state index contributed by atoms with van der Waals surface area (Å²) in [6, 6.07) is 9.89. The van der Waals surface area contributed by atoms with Gasteiger partial charge in [-0.25, -0.2) is 13.1 Å². The van der Waals surface area contributed by atoms with Crippen molar-refractivity contribution in [3.63, 3.8) is 0 Å². The lowest BCUT2D eigenvalue weighted by atomic mass is 10.0. The smallest absolute Gasteiger partial charge is 0.222 e. The summed E-state index contributed by atoms with van der Waals surface area (Å²) in [6.45, 7) is 0.334. The molecule has 2 N–H and O–H groups in total. The molecule has 25 heavy (non-hydrogen) atoms. The third kappa shape index (κ3) is 6.52. The molecule has 1 atom stereocenters. The van der Waals surface area contributed by atoms with Crippen molar-refractivity contribution in [3.8, 4) is 5.75 Å². The van der Waals surface area contributed by atoms with Crippen LogP contribution in [0.15, 0.2) is 48.8 Å². The molecule has 1 heterocycles. The molecule has 0 aliphatic heterocycles. The van der Waals surface area contributed by atoms with Gasteiger partial charge in [0, 0.05) is 25.4 Å². The normalized spacial score (nSPS) is 12.4. The van der Waals surface area contributed by atoms with E-state index in [2.05, 4.69) is 15.0 Å². The molecule has 0 spiro atoms. The van der Waals surface area contributed by atoms with Crippen molar-refractivity contribution in [2.45, 2.75) is 19.0 Å². The Kier molecular flexibility index (Phi) is 6.49. The van der Waals surface area contributed by atoms with Crippen LogP contribution in [0, 0.1) is 0 Å². The zero-order valence-electron chi connectivity index (χ0n) is 14.1. The maximum absolute atomic E-state index is 12.2. The second kappa shape index (κ2) is 8.59. The fraction of sp³-hybridized carbons (Fsp3) is 0.294. The maximum atomic E-state index is 12.2. The predicted octanol–water partition coefficient (Wildman–Crippen LogP) is 1.39. The van der Waals surface area contributed by atoms with Crippen LogP contribution in [-0.2, 0) is 21.4 Å². The lowest BCUT2D eigenvalue weighted by Crippen LogP contribution is -2.33. The molecule has 8 heteroatoms. The van der Waals surface area contributed by atoms with Gasteiger partial charge in [0.1, 0.15) is 5.75 Å². The van der Waals surface area contributed by atoms with Gasteiger partial charge < -0.3 is 10.1 Å². The number of rotatable bonds is 8. The van der Waals surface area contributed by atoms with Gasteiger partial charge in [0.15, 0.2) is 0 Å². The second-order valence-corrected chi connectivity index (χ2v) is 7.34. The lowest BCUT2D eigenvalue weighted by molar-refractivity contribution is -0.121. The standard InChI is InChI=1S/C17H21N3O4S/c1-24-15-7-5-14(6-8-15)16(20-25(2,22)23)10-17(21)19-12-13-4-3-9-18-11-13/h3-9,11,16,20H,10,12H2,1-2H3,(H,19,21)/t16-/m0/s1. The van der Waals surface area contributed by atoms with E-state index in [0.29, 0.717) is 17.9 Å². The van der Waals surface area contributed by atoms with Gasteiger partial charge in [0.25, 0.3) is 0 Å². The van der Waals surface area contributed by atoms with Gasteiger partial charge in [-0.2, -0.15) is 0 Å². The van der Waals surface area contributed by atoms with E-state index in [4.69, 9.17) is 4.74 Å². The van der Waals surface area contributed by atoms with Crippen molar-refractivity contribution in [2.24, 2.45) is 0 Å². The molecule has 1 amide bonds. The molecule has 2 rings (SSSR count). The Labute approximate surface area is 147 Å². The third-order valence-electron chi connectivity index (χ3n) is 3.48. The minimum atomic E-state index is -3.47. The lowest BCUT2D eigenvalue weighted by Gasteiger charge is -2.18. The van der Waals surface area contributed by atoms with Gasteiger partial charge in [-0.05, 0) is 29.3 Å². The van der Waals surface area contributed by atoms with Gasteiger partial charge >= 0.3 is 0 Å². The average molecular weight is 363 g/mol. The number of aromatic nitrogens is 1. The first-order valence-electron chi connectivity index (χ1n) is 7.64. The second-order valence-electron chi connectivity index (χ2n) is 5.56. The van der Waals surface area contributed by atoms with Crippen LogP contribution in [0.3, 0.4) is 0 Å². The van der Waals surface area contributed by atoms with Crippen LogP contribution in [0.1, 0.15) is 23.6 Å². The molecule has 1 aromatic heterocycles. The van der Waals surface area contributed by atoms with Gasteiger partial charge in [-0.15, -0.1) is 0 Å². The van der Waals surface area contributed by atoms with Crippen LogP contribution >= 0.6 is 0 Å². The molecule has 0 saturated carbocycles. The van der Waals surface area contributed by atoms with Gasteiger partial charge in [-0.3, -0.25) is 9.78 Å². The van der Waals surface area contributed by atoms with Crippen LogP contribution in [0.5, 0.6) is 5.75 Å². The van der Waals surface area contributed by atoms with Gasteiger partial charge in [-0.1, -0.05) is 18.2 Å². The van der Waals surface area contributed by atoms with Crippen molar-refractivity contribution >= 4 is 15.9 Å². The molecule has 7 nitrogen and oxygen atoms in total. The minimum Gasteiger partial charge on any atom is -0.497 e. The monoisotopic (exact) mass is 363 g/mol. The van der Waals surface area contributed by atoms with Crippen LogP contribution in [0.4, 0.5) is 0 Å². The Hall–Kier alpha value is -2.45. The molecular formula is C17H21N3O4S. The summed E-state index contributed by atoms with van der Waals surface area (Å²) in [7, 11) is -1.92. The number of carbonyl (C=O) groups is 1. The summed E-state index contributed by atoms with van der Waals surface area (Å²) in [5.41, 5.74) is 1.55. The summed E-state index contributed by atoms with van der Waals surface area (Å²) in [5, 5.41) is 2.77. The van der Waals surface area contributed by atoms with Crippen molar-refractivity contribution in [3.05, 3.63) is 59.9 Å². The summed E-state index contributed by atoms with van der Waals surface area (Å²) in [6.07, 6.45) is 4.37. The molecular weight excluding hydrogens is 342 g/mol. The highest BCUT2D eigenvalue weighted by Crippen LogP contribution is 2.21. The van der Waals surface area contributed by atoms with E-state index < -0.39 is 16.1 Å². The number of ether oxygens (including phenoxy) is 1. The van der Waals surface area contributed by atoms with Crippen molar-refractivity contribution in [1.82, 2.24) is 15.0 Å². The molecule has 0 bridgehead atoms. The first-order valence-corrected chi connectivity index (χ1v) is 9.53. The molecule has 1 aromatic carbocycles. The number of nitrogens with zero attached hydrogens (tertiary/aromatic N) is 1. The first kappa shape index (κ1) is 18.9. The molecule has 0 saturated heterocycles. The highest BCUT2D eigenvalue weighted by atomic mass is 32.2. The Morgan fingerprint density at radius 3 is 2.52 bits per heavy atom. The number of carbonyl (C=O) groups excluding carboxylic acids is 1. The molecule has 0 unspecified atom stereocenters. The summed E-state index contributed by atoms with van der Waals surface area (Å²) < 4.78 is 30.8. The van der Waals surface area contributed by atoms with Crippen molar-refractivity contribution in [2.75, 3.05) is 13.4 Å². The Morgan fingerprint density at radius 1 is 1.24 bits per heavy atom. The number of sulfonamides is 1. The number of amides is 1. The summed E-state index contributed by atoms with van der Waals surface area (Å²) >= 11 is 0. The quantitative estimate of drug-likeness (QED) is 0.739. The van der Waals surface area contributed by atoms with E-state index in [1.807, 2.05) is 6.07 Å². The number of methoxy groups -OCH3 is 1. The fourth-order valence-electron chi connectivity index (χ4n) is 2.28. The van der Waals surface area contributed by atoms with Crippen LogP contribution in [-0.4, -0.2) is 32.7 Å². The highest BCUT2D eigenvalue weighted by molar-refractivity contribution is 7.88. The first-order chi connectivity index (χ1) is 11.9. The highest BCUT2D eigenvalue weighted by Gasteiger charge is 2.19. The number of nitrogens with one attached hydrogen (secondary N) is 2. The SMILES string of the molecule is COc1ccc([C@H](CC(=O)NCc2cccnc2)NS(C)(=O)=O)cc1. The van der Waals surface area contributed by atoms with E-state index in [-0.39, 0.29) is 12.3 Å². The Bertz CT molecular complexity index is 792. The predicted molar refractivity (Wildman–Crippen MR) is 94.4 cm³/mol. The zero-order valence-corrected chi connectivity index (χ0v) is 14.9. The van der Waals surface area contributed by atoms with Crippen LogP contribution in [0.2, 0.25) is 0 Å². The van der Waals surface area contributed by atoms with Crippen LogP contribution < -0.4 is 14.8 Å². The minimum absolute atomic E-state index is 0.0142. The number of hydrogen-bond acceptors (Lipinski definition) is 5. The van der Waals surface area contributed by atoms with Crippen molar-refractivity contribution in [1.29, 1.82) is 0 Å². The largest absolute Gasteiger partial charge is 0.497 e. The Balaban J connectivity index is 2.05. The zero-order chi connectivity index (χ0) is 18.3. The van der Waals surface area contributed by atoms with E-state index in [1.165, 1.54) is 0 Å². The number of pyridine rings is 1. The average Bonchev–Trinajstić information content (AvgIpc) is 2.59. The summed E-state index contributed by atoms with van der Waals surface area (Å²) in [5.74, 6) is 0.392. The van der Waals surface area contributed by atoms with Crippen LogP contribution in [0.25, 0.3) is 0 Å². The maximum Gasteiger partial charge on any atom is 0.222 e. The van der Waals surface area contributed by atoms with Crippen molar-refractivity contribution < 1.29 is 17.9 Å². The van der Waals surface area contributed by atoms with Gasteiger partial charge in [0.05, 0.1) is 19.4 Å². The topological polar surface area (TPSA) is 97.4 Å². The summed E-state index contributed by atoms with van der Waals surface area (Å²) in [4.78, 5) is 16.2. The molecule has 2 aromatic rings. The third-order valence-corrected chi connectivity index (χ3v) is 4.19. The fourth-order valence-corrected chi connectivity index (χ4v) is 3.02. The number of benzene rings is 1. The van der Waals surface area contributed by atoms with E-state index in [0.717, 1.165) is 11.8 Å². The van der Waals surface area contributed by atoms with E-state index >= 15 is 0 Å². The van der Waals surface area contributed by atoms with E-state index in [9.17, 15) is 13.2 Å². The Morgan fingerprint density at radius 2 is 1.96 bits per heavy atom. The van der Waals surface area contributed by atoms with E-state index in [1.54, 1.807) is 49.8 Å². The molecule has 0 aliphatic rings. The van der Waals surface area contributed by atoms with Gasteiger partial charge in [0.2, 0.25) is 15.9 Å². The number of hydrogen-bond donors (Lipinski definition) is 2. The molecule has 0 aliphatic carbocycles. The molecule has 134 valence electrons.